The van der Waals surface area contributed by atoms with Crippen LogP contribution in [-0.2, 0) is 0 Å². The van der Waals surface area contributed by atoms with Gasteiger partial charge in [0.05, 0.1) is 18.9 Å². The molecule has 2 bridgehead atoms. The van der Waals surface area contributed by atoms with Crippen LogP contribution in [0.4, 0.5) is 10.2 Å². The summed E-state index contributed by atoms with van der Waals surface area (Å²) in [6.07, 6.45) is 8.93. The molecule has 0 radical (unpaired) electrons. The number of phenols is 1. The number of anilines is 1. The molecule has 8 nitrogen and oxygen atoms in total. The van der Waals surface area contributed by atoms with Gasteiger partial charge in [0.2, 0.25) is 5.88 Å². The van der Waals surface area contributed by atoms with E-state index in [0.717, 1.165) is 12.8 Å². The third-order valence-corrected chi connectivity index (χ3v) is 7.46. The van der Waals surface area contributed by atoms with Crippen molar-refractivity contribution in [2.75, 3.05) is 19.1 Å². The van der Waals surface area contributed by atoms with E-state index in [1.807, 2.05) is 0 Å². The average Bonchev–Trinajstić information content (AvgIpc) is 2.82. The minimum atomic E-state index is -0.568. The Morgan fingerprint density at radius 2 is 1.80 bits per heavy atom. The summed E-state index contributed by atoms with van der Waals surface area (Å²) in [6.45, 7) is 4.64. The highest BCUT2D eigenvalue weighted by Gasteiger charge is 2.46. The molecule has 3 atom stereocenters. The zero-order valence-corrected chi connectivity index (χ0v) is 20.5. The summed E-state index contributed by atoms with van der Waals surface area (Å²) in [5.74, 6) is 0.373. The molecule has 0 amide bonds. The number of halogens is 1. The number of pyridine rings is 1. The highest BCUT2D eigenvalue weighted by atomic mass is 19.1. The number of nitrogens with one attached hydrogen (secondary N) is 1. The number of fused-ring (bicyclic) bond motifs is 2. The van der Waals surface area contributed by atoms with Crippen molar-refractivity contribution in [2.24, 2.45) is 0 Å². The molecule has 2 N–H and O–H groups in total. The van der Waals surface area contributed by atoms with Gasteiger partial charge in [-0.1, -0.05) is 6.07 Å². The summed E-state index contributed by atoms with van der Waals surface area (Å²) >= 11 is 0. The van der Waals surface area contributed by atoms with Crippen LogP contribution in [0.25, 0.3) is 22.5 Å². The number of piperidine rings is 2. The van der Waals surface area contributed by atoms with E-state index in [0.29, 0.717) is 34.4 Å². The van der Waals surface area contributed by atoms with Crippen LogP contribution in [0, 0.1) is 5.82 Å². The lowest BCUT2D eigenvalue weighted by atomic mass is 9.69. The van der Waals surface area contributed by atoms with Gasteiger partial charge in [-0.3, -0.25) is 0 Å². The van der Waals surface area contributed by atoms with Gasteiger partial charge in [0.25, 0.3) is 0 Å². The molecule has 2 aliphatic heterocycles. The van der Waals surface area contributed by atoms with E-state index >= 15 is 0 Å². The van der Waals surface area contributed by atoms with Crippen LogP contribution >= 0.6 is 0 Å². The Hall–Kier alpha value is -3.33. The summed E-state index contributed by atoms with van der Waals surface area (Å²) in [7, 11) is 3.42. The molecule has 3 aromatic rings. The Kier molecular flexibility index (Phi) is 5.83. The molecule has 2 fully saturated rings. The minimum Gasteiger partial charge on any atom is -0.507 e. The van der Waals surface area contributed by atoms with Gasteiger partial charge in [-0.2, -0.15) is 0 Å². The van der Waals surface area contributed by atoms with Crippen LogP contribution in [0.5, 0.6) is 11.6 Å². The van der Waals surface area contributed by atoms with E-state index in [2.05, 4.69) is 51.3 Å². The average molecular weight is 479 g/mol. The Balaban J connectivity index is 1.34. The number of nitrogens with zero attached hydrogens (tertiary/aromatic N) is 5. The molecule has 4 heterocycles. The first-order valence-corrected chi connectivity index (χ1v) is 11.9. The predicted molar refractivity (Wildman–Crippen MR) is 132 cm³/mol. The first-order valence-electron chi connectivity index (χ1n) is 11.9. The van der Waals surface area contributed by atoms with E-state index in [1.165, 1.54) is 44.7 Å². The number of hydrogen-bond donors (Lipinski definition) is 2. The maximum atomic E-state index is 14.0. The number of phenolic OH excluding ortho intramolecular Hbond substituents is 1. The van der Waals surface area contributed by atoms with Crippen LogP contribution in [0.15, 0.2) is 36.7 Å². The first kappa shape index (κ1) is 23.4. The molecule has 35 heavy (non-hydrogen) atoms. The zero-order chi connectivity index (χ0) is 24.8. The van der Waals surface area contributed by atoms with E-state index in [9.17, 15) is 9.50 Å². The van der Waals surface area contributed by atoms with Crippen molar-refractivity contribution in [1.29, 1.82) is 0 Å². The SMILES string of the molecule is COc1ncc(-c2ccc(-c3ncc(N(C)C4C[C@]5(C)CCC[C@](C)(C4)N5)nn3)c(O)c2)cc1F. The second-order valence-corrected chi connectivity index (χ2v) is 10.4. The van der Waals surface area contributed by atoms with Crippen molar-refractivity contribution >= 4 is 5.82 Å². The first-order chi connectivity index (χ1) is 16.7. The predicted octanol–water partition coefficient (Wildman–Crippen LogP) is 4.34. The van der Waals surface area contributed by atoms with Crippen LogP contribution in [0.2, 0.25) is 0 Å². The van der Waals surface area contributed by atoms with Crippen molar-refractivity contribution < 1.29 is 14.2 Å². The number of benzene rings is 1. The Morgan fingerprint density at radius 3 is 2.40 bits per heavy atom. The van der Waals surface area contributed by atoms with Crippen molar-refractivity contribution in [3.05, 3.63) is 42.5 Å². The lowest BCUT2D eigenvalue weighted by molar-refractivity contribution is 0.0784. The van der Waals surface area contributed by atoms with E-state index in [1.54, 1.807) is 18.3 Å². The molecule has 9 heteroatoms. The van der Waals surface area contributed by atoms with Gasteiger partial charge in [-0.05, 0) is 69.7 Å². The summed E-state index contributed by atoms with van der Waals surface area (Å²) in [6, 6.07) is 6.66. The molecule has 2 saturated heterocycles. The second-order valence-electron chi connectivity index (χ2n) is 10.4. The molecule has 2 aromatic heterocycles. The fourth-order valence-corrected chi connectivity index (χ4v) is 5.79. The number of aromatic hydroxyl groups is 1. The van der Waals surface area contributed by atoms with Crippen LogP contribution in [0.3, 0.4) is 0 Å². The molecule has 2 aliphatic rings. The van der Waals surface area contributed by atoms with Crippen molar-refractivity contribution in [3.63, 3.8) is 0 Å². The molecule has 5 rings (SSSR count). The maximum Gasteiger partial charge on any atom is 0.250 e. The number of hydrogen-bond acceptors (Lipinski definition) is 8. The van der Waals surface area contributed by atoms with Crippen LogP contribution < -0.4 is 15.0 Å². The molecule has 0 saturated carbocycles. The van der Waals surface area contributed by atoms with Crippen LogP contribution in [-0.4, -0.2) is 56.5 Å². The maximum absolute atomic E-state index is 14.0. The Labute approximate surface area is 204 Å². The third-order valence-electron chi connectivity index (χ3n) is 7.46. The van der Waals surface area contributed by atoms with Gasteiger partial charge in [0.1, 0.15) is 5.75 Å². The standard InChI is InChI=1S/C26H31FN6O2/c1-25-8-5-9-26(2,32-25)13-18(12-25)33(3)22-15-28-23(31-30-22)19-7-6-16(11-21(19)34)17-10-20(27)24(35-4)29-14-17/h6-7,10-11,14-15,18,32,34H,5,8-9,12-13H2,1-4H3/t18?,25-,26+. The highest BCUT2D eigenvalue weighted by molar-refractivity contribution is 5.72. The molecule has 184 valence electrons. The summed E-state index contributed by atoms with van der Waals surface area (Å²) in [5.41, 5.74) is 1.87. The van der Waals surface area contributed by atoms with Gasteiger partial charge in [0, 0.05) is 35.9 Å². The molecule has 0 aliphatic carbocycles. The van der Waals surface area contributed by atoms with Gasteiger partial charge in [-0.15, -0.1) is 10.2 Å². The Morgan fingerprint density at radius 1 is 1.06 bits per heavy atom. The van der Waals surface area contributed by atoms with Crippen molar-refractivity contribution in [1.82, 2.24) is 25.5 Å². The van der Waals surface area contributed by atoms with E-state index in [-0.39, 0.29) is 22.7 Å². The molecular formula is C26H31FN6O2. The van der Waals surface area contributed by atoms with Gasteiger partial charge >= 0.3 is 0 Å². The van der Waals surface area contributed by atoms with Gasteiger partial charge in [-0.25, -0.2) is 14.4 Å². The monoisotopic (exact) mass is 478 g/mol. The summed E-state index contributed by atoms with van der Waals surface area (Å²) in [5, 5.41) is 23.2. The minimum absolute atomic E-state index is 0.0198. The largest absolute Gasteiger partial charge is 0.507 e. The molecule has 1 aromatic carbocycles. The van der Waals surface area contributed by atoms with Gasteiger partial charge in [0.15, 0.2) is 17.5 Å². The summed E-state index contributed by atoms with van der Waals surface area (Å²) < 4.78 is 18.9. The highest BCUT2D eigenvalue weighted by Crippen LogP contribution is 2.42. The number of ether oxygens (including phenoxy) is 1. The topological polar surface area (TPSA) is 96.3 Å². The number of rotatable bonds is 5. The smallest absolute Gasteiger partial charge is 0.250 e. The fourth-order valence-electron chi connectivity index (χ4n) is 5.79. The second kappa shape index (κ2) is 8.71. The zero-order valence-electron chi connectivity index (χ0n) is 20.5. The van der Waals surface area contributed by atoms with Gasteiger partial charge < -0.3 is 20.1 Å². The van der Waals surface area contributed by atoms with Crippen molar-refractivity contribution in [2.45, 2.75) is 63.1 Å². The fraction of sp³-hybridized carbons (Fsp3) is 0.462. The number of methoxy groups -OCH3 is 1. The Bertz CT molecular complexity index is 1220. The van der Waals surface area contributed by atoms with Crippen LogP contribution in [0.1, 0.15) is 46.0 Å². The summed E-state index contributed by atoms with van der Waals surface area (Å²) in [4.78, 5) is 10.6. The van der Waals surface area contributed by atoms with E-state index < -0.39 is 5.82 Å². The molecule has 0 spiro atoms. The quantitative estimate of drug-likeness (QED) is 0.559. The lowest BCUT2D eigenvalue weighted by Crippen LogP contribution is -2.66. The van der Waals surface area contributed by atoms with Crippen molar-refractivity contribution in [3.8, 4) is 34.1 Å². The molecule has 1 unspecified atom stereocenters. The molecular weight excluding hydrogens is 447 g/mol. The van der Waals surface area contributed by atoms with E-state index in [4.69, 9.17) is 4.74 Å². The third kappa shape index (κ3) is 4.52. The normalized spacial score (nSPS) is 25.8. The number of aromatic nitrogens is 4. The lowest BCUT2D eigenvalue weighted by Gasteiger charge is -2.55.